The normalized spacial score (nSPS) is 19.6. The van der Waals surface area contributed by atoms with Gasteiger partial charge in [0, 0.05) is 29.7 Å². The highest BCUT2D eigenvalue weighted by atomic mass is 16.4. The van der Waals surface area contributed by atoms with Crippen molar-refractivity contribution in [3.05, 3.63) is 35.5 Å². The fraction of sp³-hybridized carbons (Fsp3) is 0.250. The van der Waals surface area contributed by atoms with Gasteiger partial charge in [-0.25, -0.2) is 0 Å². The summed E-state index contributed by atoms with van der Waals surface area (Å²) < 4.78 is 0. The second kappa shape index (κ2) is 3.35. The number of aromatic amines is 1. The van der Waals surface area contributed by atoms with Crippen LogP contribution in [0.2, 0.25) is 0 Å². The summed E-state index contributed by atoms with van der Waals surface area (Å²) in [5.41, 5.74) is 2.96. The first kappa shape index (κ1) is 9.42. The molecule has 1 atom stereocenters. The van der Waals surface area contributed by atoms with Crippen LogP contribution in [0.4, 0.5) is 0 Å². The minimum atomic E-state index is -0.766. The molecule has 2 heterocycles. The molecule has 1 aromatic carbocycles. The lowest BCUT2D eigenvalue weighted by atomic mass is 9.93. The zero-order valence-electron chi connectivity index (χ0n) is 8.66. The Labute approximate surface area is 92.3 Å². The van der Waals surface area contributed by atoms with Crippen molar-refractivity contribution in [2.24, 2.45) is 0 Å². The van der Waals surface area contributed by atoms with E-state index >= 15 is 0 Å². The summed E-state index contributed by atoms with van der Waals surface area (Å²) in [6, 6.07) is 7.85. The third-order valence-electron chi connectivity index (χ3n) is 3.12. The van der Waals surface area contributed by atoms with Crippen LogP contribution in [0.3, 0.4) is 0 Å². The number of carbonyl (C=O) groups is 1. The van der Waals surface area contributed by atoms with Gasteiger partial charge in [-0.2, -0.15) is 0 Å². The molecule has 1 aromatic heterocycles. The van der Waals surface area contributed by atoms with Crippen molar-refractivity contribution in [2.45, 2.75) is 12.5 Å². The molecule has 2 aromatic rings. The number of nitrogens with one attached hydrogen (secondary N) is 2. The van der Waals surface area contributed by atoms with Crippen molar-refractivity contribution >= 4 is 16.9 Å². The van der Waals surface area contributed by atoms with E-state index in [0.717, 1.165) is 22.2 Å². The van der Waals surface area contributed by atoms with Crippen LogP contribution < -0.4 is 5.32 Å². The Bertz CT molecular complexity index is 559. The van der Waals surface area contributed by atoms with Gasteiger partial charge in [0.1, 0.15) is 0 Å². The van der Waals surface area contributed by atoms with Crippen molar-refractivity contribution in [3.63, 3.8) is 0 Å². The summed E-state index contributed by atoms with van der Waals surface area (Å²) in [4.78, 5) is 14.5. The summed E-state index contributed by atoms with van der Waals surface area (Å²) in [6.45, 7) is 1.22. The number of aliphatic carboxylic acids is 1. The molecule has 0 aliphatic carbocycles. The van der Waals surface area contributed by atoms with Gasteiger partial charge in [0.15, 0.2) is 0 Å². The maximum absolute atomic E-state index is 11.2. The van der Waals surface area contributed by atoms with Crippen LogP contribution in [0.1, 0.15) is 17.2 Å². The summed E-state index contributed by atoms with van der Waals surface area (Å²) in [5.74, 6) is -1.21. The second-order valence-electron chi connectivity index (χ2n) is 4.08. The SMILES string of the molecule is O=C(O)C1CNCc2[nH]c3ccccc3c21. The van der Waals surface area contributed by atoms with Crippen LogP contribution in [-0.2, 0) is 11.3 Å². The van der Waals surface area contributed by atoms with Crippen molar-refractivity contribution < 1.29 is 9.90 Å². The van der Waals surface area contributed by atoms with Crippen LogP contribution in [0.25, 0.3) is 10.9 Å². The van der Waals surface area contributed by atoms with Crippen molar-refractivity contribution in [2.75, 3.05) is 6.54 Å². The molecule has 0 saturated carbocycles. The quantitative estimate of drug-likeness (QED) is 0.675. The molecule has 1 aliphatic heterocycles. The van der Waals surface area contributed by atoms with E-state index in [2.05, 4.69) is 10.3 Å². The first-order chi connectivity index (χ1) is 7.77. The maximum Gasteiger partial charge on any atom is 0.312 e. The zero-order chi connectivity index (χ0) is 11.1. The highest BCUT2D eigenvalue weighted by Crippen LogP contribution is 2.31. The van der Waals surface area contributed by atoms with Crippen LogP contribution in [-0.4, -0.2) is 22.6 Å². The molecule has 0 spiro atoms. The van der Waals surface area contributed by atoms with Gasteiger partial charge in [0.25, 0.3) is 0 Å². The molecule has 4 nitrogen and oxygen atoms in total. The average Bonchev–Trinajstić information content (AvgIpc) is 2.66. The van der Waals surface area contributed by atoms with Gasteiger partial charge in [-0.15, -0.1) is 0 Å². The van der Waals surface area contributed by atoms with Gasteiger partial charge >= 0.3 is 5.97 Å². The third-order valence-corrected chi connectivity index (χ3v) is 3.12. The zero-order valence-corrected chi connectivity index (χ0v) is 8.66. The Morgan fingerprint density at radius 1 is 1.38 bits per heavy atom. The number of rotatable bonds is 1. The molecule has 0 fully saturated rings. The predicted molar refractivity (Wildman–Crippen MR) is 60.4 cm³/mol. The van der Waals surface area contributed by atoms with Crippen LogP contribution in [0, 0.1) is 0 Å². The summed E-state index contributed by atoms with van der Waals surface area (Å²) >= 11 is 0. The van der Waals surface area contributed by atoms with Gasteiger partial charge < -0.3 is 15.4 Å². The lowest BCUT2D eigenvalue weighted by Gasteiger charge is -2.20. The summed E-state index contributed by atoms with van der Waals surface area (Å²) in [7, 11) is 0. The standard InChI is InChI=1S/C12H12N2O2/c15-12(16)8-5-13-6-10-11(8)7-3-1-2-4-9(7)14-10/h1-4,8,13-14H,5-6H2,(H,15,16). The minimum Gasteiger partial charge on any atom is -0.481 e. The van der Waals surface area contributed by atoms with E-state index in [1.807, 2.05) is 24.3 Å². The smallest absolute Gasteiger partial charge is 0.312 e. The van der Waals surface area contributed by atoms with E-state index in [-0.39, 0.29) is 0 Å². The second-order valence-corrected chi connectivity index (χ2v) is 4.08. The van der Waals surface area contributed by atoms with Crippen molar-refractivity contribution in [3.8, 4) is 0 Å². The first-order valence-electron chi connectivity index (χ1n) is 5.30. The predicted octanol–water partition coefficient (Wildman–Crippen LogP) is 1.44. The number of hydrogen-bond acceptors (Lipinski definition) is 2. The Hall–Kier alpha value is -1.81. The molecule has 3 rings (SSSR count). The van der Waals surface area contributed by atoms with Gasteiger partial charge in [-0.05, 0) is 11.6 Å². The summed E-state index contributed by atoms with van der Waals surface area (Å²) in [5, 5.41) is 13.4. The molecule has 0 amide bonds. The molecule has 0 bridgehead atoms. The summed E-state index contributed by atoms with van der Waals surface area (Å²) in [6.07, 6.45) is 0. The fourth-order valence-electron chi connectivity index (χ4n) is 2.41. The number of aromatic nitrogens is 1. The molecule has 82 valence electrons. The average molecular weight is 216 g/mol. The van der Waals surface area contributed by atoms with E-state index in [1.54, 1.807) is 0 Å². The molecule has 3 N–H and O–H groups in total. The van der Waals surface area contributed by atoms with Crippen LogP contribution in [0.5, 0.6) is 0 Å². The number of para-hydroxylation sites is 1. The van der Waals surface area contributed by atoms with E-state index in [1.165, 1.54) is 0 Å². The lowest BCUT2D eigenvalue weighted by molar-refractivity contribution is -0.138. The van der Waals surface area contributed by atoms with Gasteiger partial charge in [-0.1, -0.05) is 18.2 Å². The Morgan fingerprint density at radius 2 is 2.19 bits per heavy atom. The molecule has 0 radical (unpaired) electrons. The molecule has 0 saturated heterocycles. The lowest BCUT2D eigenvalue weighted by Crippen LogP contribution is -2.32. The molecule has 16 heavy (non-hydrogen) atoms. The molecule has 1 unspecified atom stereocenters. The highest BCUT2D eigenvalue weighted by Gasteiger charge is 2.29. The number of benzene rings is 1. The number of carboxylic acids is 1. The van der Waals surface area contributed by atoms with Gasteiger partial charge in [0.2, 0.25) is 0 Å². The Morgan fingerprint density at radius 3 is 3.00 bits per heavy atom. The fourth-order valence-corrected chi connectivity index (χ4v) is 2.41. The third kappa shape index (κ3) is 1.23. The van der Waals surface area contributed by atoms with Crippen molar-refractivity contribution in [1.29, 1.82) is 0 Å². The molecular formula is C12H12N2O2. The van der Waals surface area contributed by atoms with E-state index in [4.69, 9.17) is 0 Å². The van der Waals surface area contributed by atoms with E-state index < -0.39 is 11.9 Å². The first-order valence-corrected chi connectivity index (χ1v) is 5.30. The Kier molecular flexibility index (Phi) is 1.97. The van der Waals surface area contributed by atoms with Crippen LogP contribution >= 0.6 is 0 Å². The number of fused-ring (bicyclic) bond motifs is 3. The van der Waals surface area contributed by atoms with E-state index in [0.29, 0.717) is 13.1 Å². The topological polar surface area (TPSA) is 65.1 Å². The monoisotopic (exact) mass is 216 g/mol. The van der Waals surface area contributed by atoms with Crippen molar-refractivity contribution in [1.82, 2.24) is 10.3 Å². The van der Waals surface area contributed by atoms with Gasteiger partial charge in [0.05, 0.1) is 5.92 Å². The number of hydrogen-bond donors (Lipinski definition) is 3. The van der Waals surface area contributed by atoms with Gasteiger partial charge in [-0.3, -0.25) is 4.79 Å². The minimum absolute atomic E-state index is 0.445. The largest absolute Gasteiger partial charge is 0.481 e. The highest BCUT2D eigenvalue weighted by molar-refractivity contribution is 5.91. The molecule has 4 heteroatoms. The van der Waals surface area contributed by atoms with E-state index in [9.17, 15) is 9.90 Å². The Balaban J connectivity index is 2.28. The number of carboxylic acid groups (broad SMARTS) is 1. The molecular weight excluding hydrogens is 204 g/mol. The maximum atomic E-state index is 11.2. The number of H-pyrrole nitrogens is 1. The van der Waals surface area contributed by atoms with Crippen LogP contribution in [0.15, 0.2) is 24.3 Å². The molecule has 1 aliphatic rings.